The maximum atomic E-state index is 13.8. The van der Waals surface area contributed by atoms with Crippen molar-refractivity contribution in [1.29, 1.82) is 5.26 Å². The summed E-state index contributed by atoms with van der Waals surface area (Å²) in [7, 11) is 1.47. The van der Waals surface area contributed by atoms with E-state index in [1.54, 1.807) is 17.0 Å². The maximum absolute atomic E-state index is 13.8. The third kappa shape index (κ3) is 4.56. The van der Waals surface area contributed by atoms with Crippen molar-refractivity contribution < 1.29 is 27.1 Å². The Morgan fingerprint density at radius 2 is 1.86 bits per heavy atom. The molecule has 2 heterocycles. The van der Waals surface area contributed by atoms with E-state index in [0.29, 0.717) is 41.3 Å². The number of rotatable bonds is 5. The lowest BCUT2D eigenvalue weighted by Gasteiger charge is -2.41. The normalized spacial score (nSPS) is 15.3. The Morgan fingerprint density at radius 3 is 2.42 bits per heavy atom. The number of amides is 1. The van der Waals surface area contributed by atoms with Crippen LogP contribution < -0.4 is 15.4 Å². The van der Waals surface area contributed by atoms with E-state index in [1.807, 2.05) is 6.07 Å². The number of benzene rings is 2. The number of halogens is 4. The molecule has 1 aliphatic heterocycles. The molecule has 4 rings (SSSR count). The average molecular weight is 498 g/mol. The first-order valence-electron chi connectivity index (χ1n) is 11.1. The van der Waals surface area contributed by atoms with Crippen molar-refractivity contribution in [3.8, 4) is 23.1 Å². The number of pyridine rings is 1. The number of primary amides is 1. The van der Waals surface area contributed by atoms with Crippen molar-refractivity contribution in [1.82, 2.24) is 4.98 Å². The van der Waals surface area contributed by atoms with Gasteiger partial charge in [-0.25, -0.2) is 4.39 Å². The van der Waals surface area contributed by atoms with Gasteiger partial charge in [0.2, 0.25) is 5.91 Å². The number of hydrogen-bond donors (Lipinski definition) is 1. The minimum absolute atomic E-state index is 0.0912. The van der Waals surface area contributed by atoms with Crippen molar-refractivity contribution in [3.05, 3.63) is 77.2 Å². The zero-order chi connectivity index (χ0) is 26.1. The molecule has 1 amide bonds. The molecule has 0 radical (unpaired) electrons. The average Bonchev–Trinajstić information content (AvgIpc) is 2.87. The fourth-order valence-corrected chi connectivity index (χ4v) is 4.60. The van der Waals surface area contributed by atoms with Gasteiger partial charge >= 0.3 is 6.18 Å². The molecule has 0 aliphatic carbocycles. The highest BCUT2D eigenvalue weighted by Crippen LogP contribution is 2.39. The van der Waals surface area contributed by atoms with Crippen LogP contribution in [0.15, 0.2) is 54.7 Å². The second-order valence-corrected chi connectivity index (χ2v) is 8.55. The van der Waals surface area contributed by atoms with Gasteiger partial charge in [-0.3, -0.25) is 9.78 Å². The Morgan fingerprint density at radius 1 is 1.14 bits per heavy atom. The Labute approximate surface area is 204 Å². The van der Waals surface area contributed by atoms with Crippen LogP contribution in [0.1, 0.15) is 29.5 Å². The van der Waals surface area contributed by atoms with Gasteiger partial charge in [-0.1, -0.05) is 6.07 Å². The minimum Gasteiger partial charge on any atom is -0.496 e. The minimum atomic E-state index is -4.55. The summed E-state index contributed by atoms with van der Waals surface area (Å²) in [5.41, 5.74) is 5.66. The van der Waals surface area contributed by atoms with E-state index < -0.39 is 28.9 Å². The fraction of sp³-hybridized carbons (Fsp3) is 0.269. The molecule has 1 fully saturated rings. The predicted octanol–water partition coefficient (Wildman–Crippen LogP) is 4.81. The van der Waals surface area contributed by atoms with Crippen LogP contribution in [0.4, 0.5) is 23.2 Å². The van der Waals surface area contributed by atoms with Crippen LogP contribution in [0.5, 0.6) is 5.75 Å². The number of anilines is 1. The molecule has 6 nitrogen and oxygen atoms in total. The monoisotopic (exact) mass is 498 g/mol. The zero-order valence-electron chi connectivity index (χ0n) is 19.3. The number of carbonyl (C=O) groups excluding carboxylic acids is 1. The van der Waals surface area contributed by atoms with Crippen LogP contribution in [0, 0.1) is 17.1 Å². The van der Waals surface area contributed by atoms with Crippen molar-refractivity contribution in [3.63, 3.8) is 0 Å². The molecule has 2 aromatic carbocycles. The molecule has 0 spiro atoms. The third-order valence-electron chi connectivity index (χ3n) is 6.63. The van der Waals surface area contributed by atoms with Gasteiger partial charge in [-0.05, 0) is 60.9 Å². The van der Waals surface area contributed by atoms with Gasteiger partial charge in [0, 0.05) is 24.8 Å². The van der Waals surface area contributed by atoms with Gasteiger partial charge in [0.1, 0.15) is 17.6 Å². The molecule has 10 heteroatoms. The number of methoxy groups -OCH3 is 1. The second-order valence-electron chi connectivity index (χ2n) is 8.55. The maximum Gasteiger partial charge on any atom is 0.416 e. The van der Waals surface area contributed by atoms with E-state index in [2.05, 4.69) is 4.98 Å². The molecule has 3 aromatic rings. The molecule has 0 bridgehead atoms. The second kappa shape index (κ2) is 9.49. The first kappa shape index (κ1) is 25.0. The van der Waals surface area contributed by atoms with Crippen molar-refractivity contribution in [2.45, 2.75) is 24.4 Å². The molecule has 1 aromatic heterocycles. The number of nitrogens with zero attached hydrogens (tertiary/aromatic N) is 3. The molecule has 0 unspecified atom stereocenters. The number of aromatic nitrogens is 1. The number of ether oxygens (including phenoxy) is 1. The molecule has 0 atom stereocenters. The Balaban J connectivity index is 1.60. The molecule has 36 heavy (non-hydrogen) atoms. The van der Waals surface area contributed by atoms with Crippen LogP contribution in [0.2, 0.25) is 0 Å². The van der Waals surface area contributed by atoms with Crippen molar-refractivity contribution in [2.75, 3.05) is 25.1 Å². The number of alkyl halides is 3. The number of nitriles is 1. The molecule has 1 aliphatic rings. The SMILES string of the molecule is COc1ccc(F)cc1-c1ccc(C2(C(N)=O)CCN(c3ccc(C(F)(F)F)cc3C#N)CC2)cn1. The quantitative estimate of drug-likeness (QED) is 0.510. The van der Waals surface area contributed by atoms with Gasteiger partial charge < -0.3 is 15.4 Å². The Kier molecular flexibility index (Phi) is 6.59. The van der Waals surface area contributed by atoms with Gasteiger partial charge in [0.05, 0.1) is 35.0 Å². The standard InChI is InChI=1S/C26H22F4N4O2/c1-36-23-7-4-19(27)13-20(23)21-5-2-18(15-33-21)25(24(32)35)8-10-34(11-9-25)22-6-3-17(26(28,29)30)12-16(22)14-31/h2-7,12-13,15H,8-11H2,1H3,(H2,32,35). The summed E-state index contributed by atoms with van der Waals surface area (Å²) in [4.78, 5) is 18.8. The highest BCUT2D eigenvalue weighted by Gasteiger charge is 2.42. The van der Waals surface area contributed by atoms with Crippen molar-refractivity contribution in [2.24, 2.45) is 5.73 Å². The van der Waals surface area contributed by atoms with Gasteiger partial charge in [0.25, 0.3) is 0 Å². The third-order valence-corrected chi connectivity index (χ3v) is 6.63. The summed E-state index contributed by atoms with van der Waals surface area (Å²) in [6, 6.07) is 12.3. The smallest absolute Gasteiger partial charge is 0.416 e. The van der Waals surface area contributed by atoms with Gasteiger partial charge in [-0.2, -0.15) is 18.4 Å². The van der Waals surface area contributed by atoms with E-state index in [0.717, 1.165) is 12.1 Å². The number of hydrogen-bond acceptors (Lipinski definition) is 5. The van der Waals surface area contributed by atoms with E-state index >= 15 is 0 Å². The Hall–Kier alpha value is -4.13. The lowest BCUT2D eigenvalue weighted by molar-refractivity contribution is -0.137. The van der Waals surface area contributed by atoms with E-state index in [1.165, 1.54) is 37.6 Å². The van der Waals surface area contributed by atoms with Crippen LogP contribution in [0.25, 0.3) is 11.3 Å². The number of nitrogens with two attached hydrogens (primary N) is 1. The van der Waals surface area contributed by atoms with E-state index in [4.69, 9.17) is 10.5 Å². The van der Waals surface area contributed by atoms with Crippen LogP contribution in [-0.4, -0.2) is 31.1 Å². The summed E-state index contributed by atoms with van der Waals surface area (Å²) in [6.45, 7) is 0.588. The molecule has 186 valence electrons. The number of carbonyl (C=O) groups is 1. The summed E-state index contributed by atoms with van der Waals surface area (Å²) in [6.07, 6.45) is -2.47. The summed E-state index contributed by atoms with van der Waals surface area (Å²) in [5.74, 6) is -0.551. The highest BCUT2D eigenvalue weighted by atomic mass is 19.4. The largest absolute Gasteiger partial charge is 0.496 e. The first-order chi connectivity index (χ1) is 17.1. The van der Waals surface area contributed by atoms with Crippen LogP contribution in [0.3, 0.4) is 0 Å². The predicted molar refractivity (Wildman–Crippen MR) is 125 cm³/mol. The van der Waals surface area contributed by atoms with E-state index in [9.17, 15) is 27.6 Å². The lowest BCUT2D eigenvalue weighted by atomic mass is 9.72. The summed E-state index contributed by atoms with van der Waals surface area (Å²) >= 11 is 0. The van der Waals surface area contributed by atoms with Gasteiger partial charge in [-0.15, -0.1) is 0 Å². The fourth-order valence-electron chi connectivity index (χ4n) is 4.60. The van der Waals surface area contributed by atoms with Gasteiger partial charge in [0.15, 0.2) is 0 Å². The molecular weight excluding hydrogens is 476 g/mol. The first-order valence-corrected chi connectivity index (χ1v) is 11.1. The zero-order valence-corrected chi connectivity index (χ0v) is 19.3. The van der Waals surface area contributed by atoms with E-state index in [-0.39, 0.29) is 18.4 Å². The van der Waals surface area contributed by atoms with Crippen molar-refractivity contribution >= 4 is 11.6 Å². The molecule has 1 saturated heterocycles. The molecule has 2 N–H and O–H groups in total. The molecule has 0 saturated carbocycles. The topological polar surface area (TPSA) is 92.2 Å². The van der Waals surface area contributed by atoms with Crippen LogP contribution in [-0.2, 0) is 16.4 Å². The summed E-state index contributed by atoms with van der Waals surface area (Å²) in [5, 5.41) is 9.42. The summed E-state index contributed by atoms with van der Waals surface area (Å²) < 4.78 is 58.2. The highest BCUT2D eigenvalue weighted by molar-refractivity contribution is 5.87. The molecular formula is C26H22F4N4O2. The lowest BCUT2D eigenvalue weighted by Crippen LogP contribution is -2.50. The van der Waals surface area contributed by atoms with Crippen LogP contribution >= 0.6 is 0 Å². The Bertz CT molecular complexity index is 1330. The number of piperidine rings is 1.